The molecular formula is C90H176O17P2. The van der Waals surface area contributed by atoms with E-state index in [1.54, 1.807) is 0 Å². The van der Waals surface area contributed by atoms with Crippen molar-refractivity contribution in [3.8, 4) is 0 Å². The number of aliphatic hydroxyl groups excluding tert-OH is 1. The van der Waals surface area contributed by atoms with Crippen molar-refractivity contribution in [3.05, 3.63) is 0 Å². The van der Waals surface area contributed by atoms with Gasteiger partial charge in [-0.15, -0.1) is 0 Å². The summed E-state index contributed by atoms with van der Waals surface area (Å²) in [7, 11) is -9.93. The van der Waals surface area contributed by atoms with Crippen molar-refractivity contribution in [2.24, 2.45) is 17.8 Å². The molecule has 0 bridgehead atoms. The number of carbonyl (C=O) groups is 4. The van der Waals surface area contributed by atoms with Gasteiger partial charge in [0, 0.05) is 25.7 Å². The molecule has 0 aliphatic heterocycles. The van der Waals surface area contributed by atoms with Gasteiger partial charge in [-0.3, -0.25) is 37.3 Å². The molecular weight excluding hydrogens is 1410 g/mol. The van der Waals surface area contributed by atoms with E-state index in [1.165, 1.54) is 289 Å². The number of carbonyl (C=O) groups excluding carboxylic acids is 4. The summed E-state index contributed by atoms with van der Waals surface area (Å²) in [6.45, 7) is 12.1. The Bertz CT molecular complexity index is 2100. The molecule has 0 amide bonds. The first-order valence-corrected chi connectivity index (χ1v) is 49.3. The summed E-state index contributed by atoms with van der Waals surface area (Å²) < 4.78 is 69.0. The molecule has 17 nitrogen and oxygen atoms in total. The quantitative estimate of drug-likeness (QED) is 0.0222. The second-order valence-electron chi connectivity index (χ2n) is 33.8. The maximum absolute atomic E-state index is 13.2. The summed E-state index contributed by atoms with van der Waals surface area (Å²) in [5.74, 6) is 0.343. The Labute approximate surface area is 670 Å². The lowest BCUT2D eigenvalue weighted by atomic mass is 10.0. The minimum atomic E-state index is -4.97. The molecule has 5 atom stereocenters. The van der Waals surface area contributed by atoms with Crippen LogP contribution in [0.15, 0.2) is 0 Å². The van der Waals surface area contributed by atoms with Crippen LogP contribution in [-0.4, -0.2) is 96.7 Å². The Kier molecular flexibility index (Phi) is 78.5. The number of unbranched alkanes of at least 4 members (excludes halogenated alkanes) is 56. The maximum atomic E-state index is 13.2. The third kappa shape index (κ3) is 83.8. The van der Waals surface area contributed by atoms with E-state index >= 15 is 0 Å². The van der Waals surface area contributed by atoms with E-state index in [-0.39, 0.29) is 25.7 Å². The fraction of sp³-hybridized carbons (Fsp3) is 0.956. The van der Waals surface area contributed by atoms with Crippen molar-refractivity contribution in [1.82, 2.24) is 0 Å². The van der Waals surface area contributed by atoms with Crippen LogP contribution < -0.4 is 0 Å². The van der Waals surface area contributed by atoms with Crippen LogP contribution in [0.3, 0.4) is 0 Å². The number of phosphoric acid groups is 2. The molecule has 19 heteroatoms. The second-order valence-corrected chi connectivity index (χ2v) is 36.7. The van der Waals surface area contributed by atoms with Crippen molar-refractivity contribution in [2.75, 3.05) is 39.6 Å². The zero-order chi connectivity index (χ0) is 80.0. The summed E-state index contributed by atoms with van der Waals surface area (Å²) in [4.78, 5) is 73.3. The minimum Gasteiger partial charge on any atom is -0.462 e. The van der Waals surface area contributed by atoms with Crippen molar-refractivity contribution < 1.29 is 80.2 Å². The zero-order valence-electron chi connectivity index (χ0n) is 72.0. The highest BCUT2D eigenvalue weighted by Gasteiger charge is 2.31. The average molecular weight is 1590 g/mol. The number of phosphoric ester groups is 2. The monoisotopic (exact) mass is 1590 g/mol. The van der Waals surface area contributed by atoms with Gasteiger partial charge in [-0.2, -0.15) is 0 Å². The van der Waals surface area contributed by atoms with Gasteiger partial charge in [-0.1, -0.05) is 427 Å². The Morgan fingerprint density at radius 2 is 0.422 bits per heavy atom. The largest absolute Gasteiger partial charge is 0.472 e. The highest BCUT2D eigenvalue weighted by molar-refractivity contribution is 7.47. The van der Waals surface area contributed by atoms with Crippen LogP contribution in [0.25, 0.3) is 0 Å². The predicted molar refractivity (Wildman–Crippen MR) is 451 cm³/mol. The molecule has 0 fully saturated rings. The fourth-order valence-electron chi connectivity index (χ4n) is 14.1. The molecule has 648 valence electrons. The van der Waals surface area contributed by atoms with E-state index in [4.69, 9.17) is 37.0 Å². The predicted octanol–water partition coefficient (Wildman–Crippen LogP) is 27.6. The van der Waals surface area contributed by atoms with E-state index < -0.39 is 97.5 Å². The average Bonchev–Trinajstić information content (AvgIpc) is 0.899. The van der Waals surface area contributed by atoms with Crippen molar-refractivity contribution >= 4 is 39.5 Å². The topological polar surface area (TPSA) is 237 Å². The van der Waals surface area contributed by atoms with Crippen LogP contribution >= 0.6 is 15.6 Å². The maximum Gasteiger partial charge on any atom is 0.472 e. The van der Waals surface area contributed by atoms with E-state index in [9.17, 15) is 43.2 Å². The highest BCUT2D eigenvalue weighted by Crippen LogP contribution is 2.45. The minimum absolute atomic E-state index is 0.108. The van der Waals surface area contributed by atoms with Gasteiger partial charge in [0.1, 0.15) is 19.3 Å². The molecule has 0 aliphatic carbocycles. The van der Waals surface area contributed by atoms with Gasteiger partial charge in [0.15, 0.2) is 12.2 Å². The first-order valence-electron chi connectivity index (χ1n) is 46.3. The van der Waals surface area contributed by atoms with Gasteiger partial charge < -0.3 is 33.8 Å². The Hall–Kier alpha value is -1.94. The van der Waals surface area contributed by atoms with Gasteiger partial charge >= 0.3 is 39.5 Å². The Morgan fingerprint density at radius 1 is 0.248 bits per heavy atom. The lowest BCUT2D eigenvalue weighted by molar-refractivity contribution is -0.161. The second kappa shape index (κ2) is 79.9. The number of hydrogen-bond donors (Lipinski definition) is 3. The van der Waals surface area contributed by atoms with Gasteiger partial charge in [0.2, 0.25) is 0 Å². The molecule has 2 unspecified atom stereocenters. The van der Waals surface area contributed by atoms with E-state index in [1.807, 2.05) is 0 Å². The van der Waals surface area contributed by atoms with Crippen LogP contribution in [0, 0.1) is 17.8 Å². The number of aliphatic hydroxyl groups is 1. The molecule has 0 saturated carbocycles. The van der Waals surface area contributed by atoms with E-state index in [0.29, 0.717) is 25.7 Å². The van der Waals surface area contributed by atoms with Crippen molar-refractivity contribution in [2.45, 2.75) is 497 Å². The number of hydrogen-bond acceptors (Lipinski definition) is 15. The first kappa shape index (κ1) is 107. The standard InChI is InChI=1S/C90H176O17P2/c1-8-9-10-11-12-13-43-50-57-64-71-87(92)100-77-85(106-89(94)74-67-60-53-46-39-33-27-21-19-24-30-36-42-49-56-63-70-83(6)7)79-104-108(96,97)102-75-84(91)76-103-109(98,99)105-80-86(78-101-88(93)72-65-58-51-44-37-31-25-20-18-23-29-35-41-48-55-62-69-82(4)5)107-90(95)73-66-59-52-45-38-32-26-17-15-14-16-22-28-34-40-47-54-61-68-81(2)3/h81-86,91H,8-80H2,1-7H3,(H,96,97)(H,98,99)/t84-,85+,86+/m0/s1. The van der Waals surface area contributed by atoms with Crippen LogP contribution in [0.4, 0.5) is 0 Å². The first-order chi connectivity index (χ1) is 52.7. The molecule has 0 aromatic heterocycles. The highest BCUT2D eigenvalue weighted by atomic mass is 31.2. The summed E-state index contributed by atoms with van der Waals surface area (Å²) in [6.07, 6.45) is 72.2. The van der Waals surface area contributed by atoms with E-state index in [2.05, 4.69) is 48.5 Å². The third-order valence-corrected chi connectivity index (χ3v) is 23.0. The molecule has 109 heavy (non-hydrogen) atoms. The molecule has 0 aliphatic rings. The van der Waals surface area contributed by atoms with Crippen molar-refractivity contribution in [3.63, 3.8) is 0 Å². The van der Waals surface area contributed by atoms with Crippen LogP contribution in [0.5, 0.6) is 0 Å². The lowest BCUT2D eigenvalue weighted by Gasteiger charge is -2.21. The molecule has 0 aromatic rings. The van der Waals surface area contributed by atoms with Gasteiger partial charge in [0.25, 0.3) is 0 Å². The summed E-state index contributed by atoms with van der Waals surface area (Å²) in [5, 5.41) is 10.7. The van der Waals surface area contributed by atoms with E-state index in [0.717, 1.165) is 108 Å². The smallest absolute Gasteiger partial charge is 0.462 e. The molecule has 0 heterocycles. The Balaban J connectivity index is 5.22. The number of rotatable bonds is 88. The molecule has 0 aromatic carbocycles. The van der Waals surface area contributed by atoms with Crippen LogP contribution in [0.1, 0.15) is 479 Å². The molecule has 0 rings (SSSR count). The zero-order valence-corrected chi connectivity index (χ0v) is 73.8. The van der Waals surface area contributed by atoms with Crippen LogP contribution in [-0.2, 0) is 65.4 Å². The number of ether oxygens (including phenoxy) is 4. The number of esters is 4. The molecule has 0 radical (unpaired) electrons. The van der Waals surface area contributed by atoms with Gasteiger partial charge in [-0.25, -0.2) is 9.13 Å². The molecule has 0 saturated heterocycles. The van der Waals surface area contributed by atoms with Gasteiger partial charge in [-0.05, 0) is 43.4 Å². The molecule has 0 spiro atoms. The third-order valence-electron chi connectivity index (χ3n) is 21.1. The Morgan fingerprint density at radius 3 is 0.624 bits per heavy atom. The summed E-state index contributed by atoms with van der Waals surface area (Å²) in [5.41, 5.74) is 0. The normalized spacial score (nSPS) is 13.8. The summed E-state index contributed by atoms with van der Waals surface area (Å²) in [6, 6.07) is 0. The fourth-order valence-corrected chi connectivity index (χ4v) is 15.7. The van der Waals surface area contributed by atoms with Gasteiger partial charge in [0.05, 0.1) is 26.4 Å². The SMILES string of the molecule is CCCCCCCCCCCCC(=O)OC[C@H](COP(=O)(O)OC[C@H](O)COP(=O)(O)OC[C@@H](COC(=O)CCCCCCCCCCCCCCCCCCC(C)C)OC(=O)CCCCCCCCCCCCCCCCCCCCC(C)C)OC(=O)CCCCCCCCCCCCCCCCCCC(C)C. The summed E-state index contributed by atoms with van der Waals surface area (Å²) >= 11 is 0. The molecule has 3 N–H and O–H groups in total. The van der Waals surface area contributed by atoms with Crippen LogP contribution in [0.2, 0.25) is 0 Å². The van der Waals surface area contributed by atoms with Crippen molar-refractivity contribution in [1.29, 1.82) is 0 Å². The lowest BCUT2D eigenvalue weighted by Crippen LogP contribution is -2.30.